The van der Waals surface area contributed by atoms with E-state index in [1.807, 2.05) is 13.8 Å². The van der Waals surface area contributed by atoms with Crippen LogP contribution in [0.15, 0.2) is 47.4 Å². The molecule has 0 N–H and O–H groups in total. The van der Waals surface area contributed by atoms with E-state index in [2.05, 4.69) is 0 Å². The Balaban J connectivity index is 1.78. The minimum Gasteiger partial charge on any atom is -0.490 e. The summed E-state index contributed by atoms with van der Waals surface area (Å²) in [7, 11) is 0. The van der Waals surface area contributed by atoms with Gasteiger partial charge >= 0.3 is 0 Å². The largest absolute Gasteiger partial charge is 0.490 e. The minimum absolute atomic E-state index is 0.00139. The van der Waals surface area contributed by atoms with Crippen molar-refractivity contribution in [3.63, 3.8) is 0 Å². The lowest BCUT2D eigenvalue weighted by molar-refractivity contribution is -0.384. The van der Waals surface area contributed by atoms with Crippen LogP contribution >= 0.6 is 11.8 Å². The highest BCUT2D eigenvalue weighted by atomic mass is 32.2. The molecule has 1 aliphatic heterocycles. The predicted molar refractivity (Wildman–Crippen MR) is 118 cm³/mol. The van der Waals surface area contributed by atoms with Crippen molar-refractivity contribution in [2.75, 3.05) is 13.2 Å². The highest BCUT2D eigenvalue weighted by Crippen LogP contribution is 2.35. The van der Waals surface area contributed by atoms with Crippen molar-refractivity contribution >= 4 is 34.7 Å². The number of non-ortho nitro benzene ring substituents is 1. The van der Waals surface area contributed by atoms with Crippen LogP contribution in [0.5, 0.6) is 11.5 Å². The SMILES string of the molecule is CCCN1C(=O)S/C(=C/c2ccc(OCc3cccc([N+](=O)[O-])c3)c(OCC)c2)C1=O. The number of hydrogen-bond acceptors (Lipinski definition) is 7. The number of carbonyl (C=O) groups is 2. The summed E-state index contributed by atoms with van der Waals surface area (Å²) in [6, 6.07) is 11.4. The number of thioether (sulfide) groups is 1. The average Bonchev–Trinajstić information content (AvgIpc) is 3.01. The third-order valence-corrected chi connectivity index (χ3v) is 5.31. The van der Waals surface area contributed by atoms with E-state index in [4.69, 9.17) is 9.47 Å². The van der Waals surface area contributed by atoms with Crippen molar-refractivity contribution in [2.24, 2.45) is 0 Å². The third kappa shape index (κ3) is 5.43. The lowest BCUT2D eigenvalue weighted by atomic mass is 10.1. The molecule has 0 spiro atoms. The number of amides is 2. The zero-order valence-corrected chi connectivity index (χ0v) is 18.0. The molecule has 9 heteroatoms. The van der Waals surface area contributed by atoms with Gasteiger partial charge in [-0.25, -0.2) is 0 Å². The van der Waals surface area contributed by atoms with E-state index in [9.17, 15) is 19.7 Å². The number of carbonyl (C=O) groups excluding carboxylic acids is 2. The molecule has 0 unspecified atom stereocenters. The van der Waals surface area contributed by atoms with Gasteiger partial charge < -0.3 is 9.47 Å². The Morgan fingerprint density at radius 1 is 1.10 bits per heavy atom. The lowest BCUT2D eigenvalue weighted by Gasteiger charge is -2.13. The standard InChI is InChI=1S/C22H22N2O6S/c1-3-10-23-21(25)20(31-22(23)26)13-15-8-9-18(19(12-15)29-4-2)30-14-16-6-5-7-17(11-16)24(27)28/h5-9,11-13H,3-4,10,14H2,1-2H3/b20-13+. The van der Waals surface area contributed by atoms with Crippen molar-refractivity contribution in [3.8, 4) is 11.5 Å². The van der Waals surface area contributed by atoms with Gasteiger partial charge in [0.05, 0.1) is 16.4 Å². The summed E-state index contributed by atoms with van der Waals surface area (Å²) in [5.74, 6) is 0.667. The van der Waals surface area contributed by atoms with Crippen LogP contribution in [0.25, 0.3) is 6.08 Å². The van der Waals surface area contributed by atoms with E-state index in [1.54, 1.807) is 36.4 Å². The Hall–Kier alpha value is -3.33. The third-order valence-electron chi connectivity index (χ3n) is 4.40. The van der Waals surface area contributed by atoms with E-state index in [-0.39, 0.29) is 23.4 Å². The van der Waals surface area contributed by atoms with E-state index >= 15 is 0 Å². The Labute approximate surface area is 184 Å². The van der Waals surface area contributed by atoms with Crippen molar-refractivity contribution < 1.29 is 24.0 Å². The molecule has 8 nitrogen and oxygen atoms in total. The summed E-state index contributed by atoms with van der Waals surface area (Å²) >= 11 is 0.923. The quantitative estimate of drug-likeness (QED) is 0.305. The maximum absolute atomic E-state index is 12.4. The molecule has 1 fully saturated rings. The molecule has 0 radical (unpaired) electrons. The second kappa shape index (κ2) is 10.1. The average molecular weight is 442 g/mol. The topological polar surface area (TPSA) is 99.0 Å². The first-order chi connectivity index (χ1) is 14.9. The van der Waals surface area contributed by atoms with Crippen LogP contribution in [0.4, 0.5) is 10.5 Å². The maximum atomic E-state index is 12.4. The number of hydrogen-bond donors (Lipinski definition) is 0. The first kappa shape index (κ1) is 22.4. The molecule has 1 heterocycles. The van der Waals surface area contributed by atoms with Gasteiger partial charge in [-0.05, 0) is 54.4 Å². The zero-order chi connectivity index (χ0) is 22.4. The second-order valence-corrected chi connectivity index (χ2v) is 7.68. The highest BCUT2D eigenvalue weighted by molar-refractivity contribution is 8.18. The van der Waals surface area contributed by atoms with Gasteiger partial charge in [-0.15, -0.1) is 0 Å². The normalized spacial score (nSPS) is 14.9. The van der Waals surface area contributed by atoms with Gasteiger partial charge in [-0.2, -0.15) is 0 Å². The number of nitro groups is 1. The molecule has 1 aliphatic rings. The molecule has 2 aromatic rings. The Bertz CT molecular complexity index is 1040. The molecule has 0 atom stereocenters. The molecule has 0 aromatic heterocycles. The van der Waals surface area contributed by atoms with Crippen molar-refractivity contribution in [1.82, 2.24) is 4.90 Å². The Morgan fingerprint density at radius 3 is 2.61 bits per heavy atom. The van der Waals surface area contributed by atoms with Crippen LogP contribution in [-0.4, -0.2) is 34.1 Å². The fraction of sp³-hybridized carbons (Fsp3) is 0.273. The van der Waals surface area contributed by atoms with E-state index < -0.39 is 4.92 Å². The summed E-state index contributed by atoms with van der Waals surface area (Å²) in [4.78, 5) is 36.6. The van der Waals surface area contributed by atoms with Gasteiger partial charge in [-0.3, -0.25) is 24.6 Å². The van der Waals surface area contributed by atoms with Crippen molar-refractivity contribution in [2.45, 2.75) is 26.9 Å². The van der Waals surface area contributed by atoms with Crippen LogP contribution in [0.1, 0.15) is 31.4 Å². The smallest absolute Gasteiger partial charge is 0.293 e. The number of rotatable bonds is 9. The highest BCUT2D eigenvalue weighted by Gasteiger charge is 2.34. The molecule has 0 saturated carbocycles. The van der Waals surface area contributed by atoms with E-state index in [0.717, 1.165) is 11.8 Å². The summed E-state index contributed by atoms with van der Waals surface area (Å²) < 4.78 is 11.5. The van der Waals surface area contributed by atoms with Crippen LogP contribution in [0.2, 0.25) is 0 Å². The Morgan fingerprint density at radius 2 is 1.90 bits per heavy atom. The minimum atomic E-state index is -0.452. The lowest BCUT2D eigenvalue weighted by Crippen LogP contribution is -2.28. The number of benzene rings is 2. The van der Waals surface area contributed by atoms with Gasteiger partial charge in [0.1, 0.15) is 6.61 Å². The number of nitrogens with zero attached hydrogens (tertiary/aromatic N) is 2. The molecule has 162 valence electrons. The molecular formula is C22H22N2O6S. The van der Waals surface area contributed by atoms with Crippen LogP contribution in [0.3, 0.4) is 0 Å². The molecule has 0 bridgehead atoms. The van der Waals surface area contributed by atoms with Crippen LogP contribution in [0, 0.1) is 10.1 Å². The van der Waals surface area contributed by atoms with E-state index in [0.29, 0.717) is 47.1 Å². The summed E-state index contributed by atoms with van der Waals surface area (Å²) in [5.41, 5.74) is 1.36. The number of imide groups is 1. The van der Waals surface area contributed by atoms with Gasteiger partial charge in [-0.1, -0.05) is 25.1 Å². The van der Waals surface area contributed by atoms with Crippen molar-refractivity contribution in [1.29, 1.82) is 0 Å². The first-order valence-corrected chi connectivity index (χ1v) is 10.6. The van der Waals surface area contributed by atoms with Crippen LogP contribution in [-0.2, 0) is 11.4 Å². The van der Waals surface area contributed by atoms with Gasteiger partial charge in [0, 0.05) is 18.7 Å². The molecule has 31 heavy (non-hydrogen) atoms. The first-order valence-electron chi connectivity index (χ1n) is 9.81. The van der Waals surface area contributed by atoms with Crippen molar-refractivity contribution in [3.05, 3.63) is 68.6 Å². The molecule has 3 rings (SSSR count). The molecule has 2 aromatic carbocycles. The predicted octanol–water partition coefficient (Wildman–Crippen LogP) is 5.02. The summed E-state index contributed by atoms with van der Waals surface area (Å²) in [6.07, 6.45) is 2.36. The molecule has 1 saturated heterocycles. The van der Waals surface area contributed by atoms with Gasteiger partial charge in [0.25, 0.3) is 16.8 Å². The zero-order valence-electron chi connectivity index (χ0n) is 17.2. The maximum Gasteiger partial charge on any atom is 0.293 e. The molecule has 0 aliphatic carbocycles. The Kier molecular flexibility index (Phi) is 7.30. The van der Waals surface area contributed by atoms with Gasteiger partial charge in [0.15, 0.2) is 11.5 Å². The summed E-state index contributed by atoms with van der Waals surface area (Å²) in [6.45, 7) is 4.69. The van der Waals surface area contributed by atoms with Crippen LogP contribution < -0.4 is 9.47 Å². The molecular weight excluding hydrogens is 420 g/mol. The molecule has 2 amide bonds. The fourth-order valence-electron chi connectivity index (χ4n) is 2.99. The fourth-order valence-corrected chi connectivity index (χ4v) is 3.86. The number of nitro benzene ring substituents is 1. The number of ether oxygens (including phenoxy) is 2. The second-order valence-electron chi connectivity index (χ2n) is 6.69. The monoisotopic (exact) mass is 442 g/mol. The van der Waals surface area contributed by atoms with E-state index in [1.165, 1.54) is 17.0 Å². The summed E-state index contributed by atoms with van der Waals surface area (Å²) in [5, 5.41) is 10.7. The van der Waals surface area contributed by atoms with Gasteiger partial charge in [0.2, 0.25) is 0 Å².